The first-order chi connectivity index (χ1) is 7.66. The molecule has 0 aromatic heterocycles. The van der Waals surface area contributed by atoms with Crippen LogP contribution >= 0.6 is 7.82 Å². The number of nitrogens with zero attached hydrogens (tertiary/aromatic N) is 1. The van der Waals surface area contributed by atoms with Crippen molar-refractivity contribution >= 4 is 13.7 Å². The van der Waals surface area contributed by atoms with Gasteiger partial charge in [-0.25, -0.2) is 9.09 Å². The van der Waals surface area contributed by atoms with Crippen molar-refractivity contribution in [2.45, 2.75) is 0 Å². The number of hydrogen-bond acceptors (Lipinski definition) is 4. The minimum Gasteiger partial charge on any atom is -0.351 e. The predicted molar refractivity (Wildman–Crippen MR) is 63.0 cm³/mol. The van der Waals surface area contributed by atoms with Crippen LogP contribution in [0.25, 0.3) is 0 Å². The summed E-state index contributed by atoms with van der Waals surface area (Å²) >= 11 is 0. The number of quaternary nitrogens is 1. The second-order valence-electron chi connectivity index (χ2n) is 4.38. The fourth-order valence-electron chi connectivity index (χ4n) is 0.661. The molecule has 0 saturated heterocycles. The number of carbonyl (C=O) groups excluding carboxylic acids is 1. The number of hydrogen-bond donors (Lipinski definition) is 2. The van der Waals surface area contributed by atoms with Crippen LogP contribution in [0.15, 0.2) is 12.7 Å². The van der Waals surface area contributed by atoms with Gasteiger partial charge in [-0.2, -0.15) is 0 Å². The van der Waals surface area contributed by atoms with E-state index in [4.69, 9.17) is 4.52 Å². The Morgan fingerprint density at radius 2 is 2.06 bits per heavy atom. The summed E-state index contributed by atoms with van der Waals surface area (Å²) in [6.45, 7) is 3.16. The molecule has 0 saturated carbocycles. The second kappa shape index (κ2) is 6.88. The maximum Gasteiger partial charge on any atom is 0.477 e. The van der Waals surface area contributed by atoms with E-state index in [0.29, 0.717) is 4.48 Å². The number of carbonyl (C=O) groups is 1. The molecule has 100 valence electrons. The first-order valence-corrected chi connectivity index (χ1v) is 6.46. The van der Waals surface area contributed by atoms with E-state index in [1.165, 1.54) is 6.08 Å². The normalized spacial score (nSPS) is 15.1. The molecule has 8 heteroatoms. The summed E-state index contributed by atoms with van der Waals surface area (Å²) in [4.78, 5) is 20.3. The van der Waals surface area contributed by atoms with E-state index in [-0.39, 0.29) is 13.3 Å². The molecule has 0 bridgehead atoms. The van der Waals surface area contributed by atoms with Crippen molar-refractivity contribution in [2.24, 2.45) is 0 Å². The van der Waals surface area contributed by atoms with Gasteiger partial charge in [0, 0.05) is 6.54 Å². The molecular formula is C9H20N2O5P+. The maximum absolute atomic E-state index is 11.3. The zero-order valence-electron chi connectivity index (χ0n) is 10.4. The minimum atomic E-state index is -4.18. The Morgan fingerprint density at radius 3 is 2.53 bits per heavy atom. The highest BCUT2D eigenvalue weighted by atomic mass is 31.2. The smallest absolute Gasteiger partial charge is 0.351 e. The standard InChI is InChI=1S/C9H19N2O5P/c1-5-6-10-9(12)7-15-17(13,14)16-8-11(2,3)4/h5H,1,6-8H2,2-4H3,(H-,10,12,13,14)/p+1. The third kappa shape index (κ3) is 10.2. The molecule has 0 aromatic carbocycles. The first-order valence-electron chi connectivity index (χ1n) is 4.96. The van der Waals surface area contributed by atoms with Crippen LogP contribution in [0.2, 0.25) is 0 Å². The van der Waals surface area contributed by atoms with E-state index in [1.807, 2.05) is 0 Å². The van der Waals surface area contributed by atoms with Gasteiger partial charge >= 0.3 is 7.82 Å². The van der Waals surface area contributed by atoms with Crippen molar-refractivity contribution in [3.8, 4) is 0 Å². The van der Waals surface area contributed by atoms with Crippen LogP contribution in [0.5, 0.6) is 0 Å². The fourth-order valence-corrected chi connectivity index (χ4v) is 1.51. The van der Waals surface area contributed by atoms with Crippen LogP contribution < -0.4 is 5.32 Å². The van der Waals surface area contributed by atoms with Gasteiger partial charge < -0.3 is 14.7 Å². The van der Waals surface area contributed by atoms with Crippen molar-refractivity contribution < 1.29 is 27.8 Å². The summed E-state index contributed by atoms with van der Waals surface area (Å²) in [6.07, 6.45) is 1.49. The van der Waals surface area contributed by atoms with E-state index in [2.05, 4.69) is 16.4 Å². The van der Waals surface area contributed by atoms with Crippen molar-refractivity contribution in [2.75, 3.05) is 41.0 Å². The first kappa shape index (κ1) is 16.3. The third-order valence-electron chi connectivity index (χ3n) is 1.41. The number of amides is 1. The van der Waals surface area contributed by atoms with E-state index < -0.39 is 20.3 Å². The highest BCUT2D eigenvalue weighted by Crippen LogP contribution is 2.43. The molecule has 0 aliphatic rings. The summed E-state index contributed by atoms with van der Waals surface area (Å²) in [5, 5.41) is 2.40. The van der Waals surface area contributed by atoms with Crippen LogP contribution in [0.3, 0.4) is 0 Å². The Kier molecular flexibility index (Phi) is 6.59. The second-order valence-corrected chi connectivity index (χ2v) is 5.84. The van der Waals surface area contributed by atoms with Crippen molar-refractivity contribution in [1.29, 1.82) is 0 Å². The lowest BCUT2D eigenvalue weighted by Crippen LogP contribution is -2.36. The largest absolute Gasteiger partial charge is 0.477 e. The molecule has 0 spiro atoms. The minimum absolute atomic E-state index is 0.00204. The fraction of sp³-hybridized carbons (Fsp3) is 0.667. The molecule has 7 nitrogen and oxygen atoms in total. The summed E-state index contributed by atoms with van der Waals surface area (Å²) in [5.74, 6) is -0.506. The van der Waals surface area contributed by atoms with E-state index in [1.54, 1.807) is 21.1 Å². The molecule has 0 heterocycles. The predicted octanol–water partition coefficient (Wildman–Crippen LogP) is 0.0859. The van der Waals surface area contributed by atoms with Crippen LogP contribution in [0, 0.1) is 0 Å². The maximum atomic E-state index is 11.3. The third-order valence-corrected chi connectivity index (χ3v) is 2.31. The summed E-state index contributed by atoms with van der Waals surface area (Å²) in [5.41, 5.74) is 0. The molecule has 1 amide bonds. The Morgan fingerprint density at radius 1 is 1.47 bits per heavy atom. The van der Waals surface area contributed by atoms with E-state index in [9.17, 15) is 14.3 Å². The lowest BCUT2D eigenvalue weighted by molar-refractivity contribution is -0.887. The van der Waals surface area contributed by atoms with Gasteiger partial charge in [0.25, 0.3) is 0 Å². The quantitative estimate of drug-likeness (QED) is 0.282. The number of phosphoric acid groups is 1. The van der Waals surface area contributed by atoms with Crippen LogP contribution in [0.4, 0.5) is 0 Å². The van der Waals surface area contributed by atoms with Gasteiger partial charge in [0.05, 0.1) is 21.1 Å². The zero-order chi connectivity index (χ0) is 13.5. The Bertz CT molecular complexity index is 313. The van der Waals surface area contributed by atoms with Gasteiger partial charge in [0.1, 0.15) is 6.61 Å². The highest BCUT2D eigenvalue weighted by Gasteiger charge is 2.25. The van der Waals surface area contributed by atoms with Crippen molar-refractivity contribution in [1.82, 2.24) is 5.32 Å². The summed E-state index contributed by atoms with van der Waals surface area (Å²) < 4.78 is 20.9. The van der Waals surface area contributed by atoms with Gasteiger partial charge in [0.15, 0.2) is 6.73 Å². The van der Waals surface area contributed by atoms with Gasteiger partial charge in [-0.1, -0.05) is 6.08 Å². The molecule has 0 aliphatic heterocycles. The SMILES string of the molecule is C=CCNC(=O)COP(=O)(O)OC[N+](C)(C)C. The molecule has 17 heavy (non-hydrogen) atoms. The Hall–Kier alpha value is -0.720. The lowest BCUT2D eigenvalue weighted by atomic mass is 10.5. The van der Waals surface area contributed by atoms with Gasteiger partial charge in [-0.3, -0.25) is 9.32 Å². The molecule has 2 N–H and O–H groups in total. The summed E-state index contributed by atoms with van der Waals surface area (Å²) in [7, 11) is 1.19. The molecule has 0 rings (SSSR count). The number of rotatable bonds is 8. The molecule has 0 aromatic rings. The molecule has 0 fully saturated rings. The molecular weight excluding hydrogens is 247 g/mol. The molecule has 1 unspecified atom stereocenters. The van der Waals surface area contributed by atoms with Crippen LogP contribution in [-0.2, 0) is 18.4 Å². The monoisotopic (exact) mass is 267 g/mol. The Labute approximate surface area is 101 Å². The average molecular weight is 267 g/mol. The van der Waals surface area contributed by atoms with Crippen molar-refractivity contribution in [3.63, 3.8) is 0 Å². The van der Waals surface area contributed by atoms with Crippen LogP contribution in [-0.4, -0.2) is 56.3 Å². The molecule has 1 atom stereocenters. The average Bonchev–Trinajstić information content (AvgIpc) is 2.20. The summed E-state index contributed by atoms with van der Waals surface area (Å²) in [6, 6.07) is 0. The van der Waals surface area contributed by atoms with Gasteiger partial charge in [0.2, 0.25) is 5.91 Å². The number of phosphoric ester groups is 1. The molecule has 0 aliphatic carbocycles. The van der Waals surface area contributed by atoms with Gasteiger partial charge in [-0.05, 0) is 0 Å². The highest BCUT2D eigenvalue weighted by molar-refractivity contribution is 7.47. The van der Waals surface area contributed by atoms with Gasteiger partial charge in [-0.15, -0.1) is 6.58 Å². The van der Waals surface area contributed by atoms with Crippen molar-refractivity contribution in [3.05, 3.63) is 12.7 Å². The molecule has 0 radical (unpaired) electrons. The lowest BCUT2D eigenvalue weighted by Gasteiger charge is -2.24. The van der Waals surface area contributed by atoms with E-state index in [0.717, 1.165) is 0 Å². The number of nitrogens with one attached hydrogen (secondary N) is 1. The van der Waals surface area contributed by atoms with E-state index >= 15 is 0 Å². The topological polar surface area (TPSA) is 84.9 Å². The Balaban J connectivity index is 3.97. The zero-order valence-corrected chi connectivity index (χ0v) is 11.3. The van der Waals surface area contributed by atoms with Crippen LogP contribution in [0.1, 0.15) is 0 Å².